The van der Waals surface area contributed by atoms with Crippen LogP contribution >= 0.6 is 0 Å². The minimum Gasteiger partial charge on any atom is -0.453 e. The number of nitrogens with one attached hydrogen (secondary N) is 1. The zero-order valence-electron chi connectivity index (χ0n) is 18.1. The molecule has 0 fully saturated rings. The number of rotatable bonds is 6. The first-order valence-electron chi connectivity index (χ1n) is 10.8. The summed E-state index contributed by atoms with van der Waals surface area (Å²) in [6, 6.07) is 25.6. The van der Waals surface area contributed by atoms with Crippen molar-refractivity contribution in [1.29, 1.82) is 0 Å². The molecule has 0 aliphatic rings. The highest BCUT2D eigenvalue weighted by Gasteiger charge is 2.11. The van der Waals surface area contributed by atoms with Crippen LogP contribution in [0.25, 0.3) is 33.1 Å². The Bertz CT molecular complexity index is 1640. The van der Waals surface area contributed by atoms with E-state index < -0.39 is 0 Å². The lowest BCUT2D eigenvalue weighted by Crippen LogP contribution is -2.01. The second-order valence-corrected chi connectivity index (χ2v) is 7.96. The van der Waals surface area contributed by atoms with Gasteiger partial charge in [0.15, 0.2) is 12.0 Å². The van der Waals surface area contributed by atoms with Crippen molar-refractivity contribution in [2.75, 3.05) is 5.32 Å². The average Bonchev–Trinajstić information content (AvgIpc) is 3.52. The zero-order chi connectivity index (χ0) is 22.9. The van der Waals surface area contributed by atoms with Crippen molar-refractivity contribution in [3.8, 4) is 11.3 Å². The summed E-state index contributed by atoms with van der Waals surface area (Å²) >= 11 is 0. The van der Waals surface area contributed by atoms with Crippen LogP contribution in [0.2, 0.25) is 0 Å². The van der Waals surface area contributed by atoms with Crippen molar-refractivity contribution in [1.82, 2.24) is 19.7 Å². The molecule has 0 aliphatic heterocycles. The monoisotopic (exact) mass is 445 g/mol. The van der Waals surface area contributed by atoms with Crippen molar-refractivity contribution in [2.45, 2.75) is 6.54 Å². The summed E-state index contributed by atoms with van der Waals surface area (Å²) in [6.45, 7) is 0.717. The molecule has 0 saturated carbocycles. The van der Waals surface area contributed by atoms with Gasteiger partial charge in [-0.25, -0.2) is 9.97 Å². The molecule has 3 heterocycles. The maximum atomic E-state index is 11.0. The fraction of sp³-hybridized carbons (Fsp3) is 0.0370. The van der Waals surface area contributed by atoms with Crippen LogP contribution in [-0.2, 0) is 6.54 Å². The van der Waals surface area contributed by atoms with Gasteiger partial charge in [-0.15, -0.1) is 0 Å². The molecular weight excluding hydrogens is 426 g/mol. The first kappa shape index (κ1) is 19.9. The molecule has 3 aromatic heterocycles. The van der Waals surface area contributed by atoms with Crippen LogP contribution in [-0.4, -0.2) is 26.0 Å². The smallest absolute Gasteiger partial charge is 0.185 e. The highest BCUT2D eigenvalue weighted by atomic mass is 16.3. The molecule has 34 heavy (non-hydrogen) atoms. The molecule has 0 amide bonds. The van der Waals surface area contributed by atoms with Crippen molar-refractivity contribution < 1.29 is 9.21 Å². The lowest BCUT2D eigenvalue weighted by Gasteiger charge is -2.10. The van der Waals surface area contributed by atoms with E-state index in [0.29, 0.717) is 23.6 Å². The van der Waals surface area contributed by atoms with Crippen molar-refractivity contribution >= 4 is 39.6 Å². The Hall–Kier alpha value is -4.78. The van der Waals surface area contributed by atoms with E-state index in [1.165, 1.54) is 11.9 Å². The van der Waals surface area contributed by atoms with Gasteiger partial charge in [-0.05, 0) is 54.1 Å². The van der Waals surface area contributed by atoms with E-state index >= 15 is 0 Å². The number of anilines is 2. The Balaban J connectivity index is 1.32. The third-order valence-electron chi connectivity index (χ3n) is 5.74. The number of furan rings is 1. The van der Waals surface area contributed by atoms with Crippen molar-refractivity contribution in [3.63, 3.8) is 0 Å². The number of carbonyl (C=O) groups is 1. The minimum absolute atomic E-state index is 0.291. The standard InChI is InChI=1S/C27H19N5O2/c33-16-22-8-11-26(34-22)19-6-9-24-23(13-19)27(29-17-28-24)31-21-7-10-25-20(12-21)14-30-32(25)15-18-4-2-1-3-5-18/h1-14,16-17H,15H2,(H,28,29,31). The van der Waals surface area contributed by atoms with Crippen LogP contribution in [0.1, 0.15) is 16.1 Å². The minimum atomic E-state index is 0.291. The Kier molecular flexibility index (Phi) is 4.85. The third-order valence-corrected chi connectivity index (χ3v) is 5.74. The average molecular weight is 445 g/mol. The van der Waals surface area contributed by atoms with E-state index in [1.807, 2.05) is 53.3 Å². The van der Waals surface area contributed by atoms with E-state index in [2.05, 4.69) is 44.6 Å². The molecule has 7 nitrogen and oxygen atoms in total. The Morgan fingerprint density at radius 2 is 1.85 bits per heavy atom. The number of aldehydes is 1. The summed E-state index contributed by atoms with van der Waals surface area (Å²) in [4.78, 5) is 19.8. The topological polar surface area (TPSA) is 85.8 Å². The number of hydrogen-bond acceptors (Lipinski definition) is 6. The molecular formula is C27H19N5O2. The van der Waals surface area contributed by atoms with Gasteiger partial charge >= 0.3 is 0 Å². The lowest BCUT2D eigenvalue weighted by molar-refractivity contribution is 0.110. The molecule has 0 aliphatic carbocycles. The Labute approximate surface area is 194 Å². The molecule has 7 heteroatoms. The van der Waals surface area contributed by atoms with Crippen LogP contribution in [0.5, 0.6) is 0 Å². The largest absolute Gasteiger partial charge is 0.453 e. The molecule has 0 radical (unpaired) electrons. The summed E-state index contributed by atoms with van der Waals surface area (Å²) in [5, 5.41) is 9.88. The highest BCUT2D eigenvalue weighted by molar-refractivity contribution is 5.94. The van der Waals surface area contributed by atoms with Crippen LogP contribution in [0.4, 0.5) is 11.5 Å². The van der Waals surface area contributed by atoms with Crippen LogP contribution in [0, 0.1) is 0 Å². The predicted octanol–water partition coefficient (Wildman–Crippen LogP) is 5.84. The summed E-state index contributed by atoms with van der Waals surface area (Å²) in [7, 11) is 0. The molecule has 6 rings (SSSR count). The first-order chi connectivity index (χ1) is 16.8. The van der Waals surface area contributed by atoms with E-state index in [1.54, 1.807) is 12.1 Å². The Morgan fingerprint density at radius 3 is 2.71 bits per heavy atom. The quantitative estimate of drug-likeness (QED) is 0.324. The van der Waals surface area contributed by atoms with Crippen molar-refractivity contribution in [3.05, 3.63) is 103 Å². The van der Waals surface area contributed by atoms with Gasteiger partial charge in [0.2, 0.25) is 0 Å². The maximum Gasteiger partial charge on any atom is 0.185 e. The van der Waals surface area contributed by atoms with Crippen LogP contribution in [0.15, 0.2) is 95.8 Å². The molecule has 1 N–H and O–H groups in total. The normalized spacial score (nSPS) is 11.2. The molecule has 0 spiro atoms. The fourth-order valence-corrected chi connectivity index (χ4v) is 4.06. The van der Waals surface area contributed by atoms with Crippen molar-refractivity contribution in [2.24, 2.45) is 0 Å². The van der Waals surface area contributed by atoms with E-state index in [4.69, 9.17) is 4.42 Å². The molecule has 164 valence electrons. The number of benzene rings is 3. The molecule has 0 saturated heterocycles. The SMILES string of the molecule is O=Cc1ccc(-c2ccc3ncnc(Nc4ccc5c(cnn5Cc5ccccc5)c4)c3c2)o1. The third kappa shape index (κ3) is 3.69. The van der Waals surface area contributed by atoms with Gasteiger partial charge in [0.05, 0.1) is 23.8 Å². The molecule has 0 atom stereocenters. The molecule has 0 unspecified atom stereocenters. The number of fused-ring (bicyclic) bond motifs is 2. The Morgan fingerprint density at radius 1 is 0.941 bits per heavy atom. The number of carbonyl (C=O) groups excluding carboxylic acids is 1. The number of nitrogens with zero attached hydrogens (tertiary/aromatic N) is 4. The molecule has 0 bridgehead atoms. The van der Waals surface area contributed by atoms with Gasteiger partial charge in [0.25, 0.3) is 0 Å². The van der Waals surface area contributed by atoms with Gasteiger partial charge in [-0.1, -0.05) is 30.3 Å². The van der Waals surface area contributed by atoms with Gasteiger partial charge in [0, 0.05) is 22.0 Å². The second-order valence-electron chi connectivity index (χ2n) is 7.96. The molecule has 3 aromatic carbocycles. The molecule has 6 aromatic rings. The predicted molar refractivity (Wildman–Crippen MR) is 131 cm³/mol. The summed E-state index contributed by atoms with van der Waals surface area (Å²) < 4.78 is 7.58. The van der Waals surface area contributed by atoms with Gasteiger partial charge < -0.3 is 9.73 Å². The lowest BCUT2D eigenvalue weighted by atomic mass is 10.1. The van der Waals surface area contributed by atoms with Gasteiger partial charge in [-0.2, -0.15) is 5.10 Å². The summed E-state index contributed by atoms with van der Waals surface area (Å²) in [5.74, 6) is 1.59. The maximum absolute atomic E-state index is 11.0. The van der Waals surface area contributed by atoms with Gasteiger partial charge in [-0.3, -0.25) is 9.48 Å². The van der Waals surface area contributed by atoms with E-state index in [0.717, 1.165) is 39.6 Å². The van der Waals surface area contributed by atoms with Crippen LogP contribution in [0.3, 0.4) is 0 Å². The number of hydrogen-bond donors (Lipinski definition) is 1. The fourth-order valence-electron chi connectivity index (χ4n) is 4.06. The zero-order valence-corrected chi connectivity index (χ0v) is 18.1. The second kappa shape index (κ2) is 8.29. The van der Waals surface area contributed by atoms with Gasteiger partial charge in [0.1, 0.15) is 17.9 Å². The first-order valence-corrected chi connectivity index (χ1v) is 10.8. The summed E-state index contributed by atoms with van der Waals surface area (Å²) in [5.41, 5.74) is 4.82. The van der Waals surface area contributed by atoms with E-state index in [9.17, 15) is 4.79 Å². The van der Waals surface area contributed by atoms with E-state index in [-0.39, 0.29) is 0 Å². The number of aromatic nitrogens is 4. The summed E-state index contributed by atoms with van der Waals surface area (Å²) in [6.07, 6.45) is 4.11. The highest BCUT2D eigenvalue weighted by Crippen LogP contribution is 2.30. The van der Waals surface area contributed by atoms with Crippen LogP contribution < -0.4 is 5.32 Å².